The summed E-state index contributed by atoms with van der Waals surface area (Å²) < 4.78 is 5.72. The molecule has 0 aliphatic rings. The fraction of sp³-hybridized carbons (Fsp3) is 0.261. The maximum absolute atomic E-state index is 12.0. The number of aromatic nitrogens is 2. The van der Waals surface area contributed by atoms with Crippen LogP contribution >= 0.6 is 11.6 Å². The van der Waals surface area contributed by atoms with Gasteiger partial charge in [0.15, 0.2) is 5.15 Å². The molecule has 31 heavy (non-hydrogen) atoms. The highest BCUT2D eigenvalue weighted by atomic mass is 35.5. The number of carbonyl (C=O) groups is 2. The molecule has 0 saturated heterocycles. The Morgan fingerprint density at radius 1 is 1.10 bits per heavy atom. The molecule has 1 unspecified atom stereocenters. The second kappa shape index (κ2) is 10.1. The largest absolute Gasteiger partial charge is 0.489 e. The molecule has 3 N–H and O–H groups in total. The molecule has 1 atom stereocenters. The molecular weight excluding hydrogens is 420 g/mol. The Labute approximate surface area is 184 Å². The number of aliphatic carboxylic acids is 1. The number of benzene rings is 2. The van der Waals surface area contributed by atoms with Crippen LogP contribution in [0.2, 0.25) is 5.15 Å². The zero-order valence-corrected chi connectivity index (χ0v) is 17.7. The number of ether oxygens (including phenoxy) is 1. The normalized spacial score (nSPS) is 11.8. The van der Waals surface area contributed by atoms with E-state index in [1.54, 1.807) is 36.4 Å². The lowest BCUT2D eigenvalue weighted by Gasteiger charge is -2.13. The Kier molecular flexibility index (Phi) is 7.31. The van der Waals surface area contributed by atoms with Crippen LogP contribution in [0.3, 0.4) is 0 Å². The number of nitrogens with zero attached hydrogens (tertiary/aromatic N) is 1. The fourth-order valence-corrected chi connectivity index (χ4v) is 3.43. The lowest BCUT2D eigenvalue weighted by atomic mass is 9.96. The lowest BCUT2D eigenvalue weighted by Crippen LogP contribution is -2.14. The Hall–Kier alpha value is -3.32. The smallest absolute Gasteiger partial charge is 0.335 e. The van der Waals surface area contributed by atoms with Crippen LogP contribution in [-0.4, -0.2) is 32.1 Å². The molecule has 0 fully saturated rings. The van der Waals surface area contributed by atoms with Gasteiger partial charge in [0.2, 0.25) is 0 Å². The van der Waals surface area contributed by atoms with Crippen LogP contribution in [0.5, 0.6) is 5.75 Å². The van der Waals surface area contributed by atoms with Gasteiger partial charge in [-0.2, -0.15) is 0 Å². The molecule has 0 aliphatic heterocycles. The zero-order valence-electron chi connectivity index (χ0n) is 17.0. The van der Waals surface area contributed by atoms with Gasteiger partial charge in [-0.15, -0.1) is 0 Å². The third-order valence-electron chi connectivity index (χ3n) is 4.86. The van der Waals surface area contributed by atoms with Crippen molar-refractivity contribution in [3.8, 4) is 5.75 Å². The molecule has 0 amide bonds. The van der Waals surface area contributed by atoms with Gasteiger partial charge in [0.1, 0.15) is 24.1 Å². The summed E-state index contributed by atoms with van der Waals surface area (Å²) in [5.41, 5.74) is 1.95. The molecule has 0 bridgehead atoms. The van der Waals surface area contributed by atoms with Gasteiger partial charge in [-0.3, -0.25) is 4.79 Å². The maximum atomic E-state index is 12.0. The highest BCUT2D eigenvalue weighted by Gasteiger charge is 2.27. The Morgan fingerprint density at radius 2 is 1.77 bits per heavy atom. The number of hydrogen-bond donors (Lipinski definition) is 3. The third kappa shape index (κ3) is 5.64. The van der Waals surface area contributed by atoms with Gasteiger partial charge in [0, 0.05) is 6.42 Å². The van der Waals surface area contributed by atoms with Crippen molar-refractivity contribution in [1.29, 1.82) is 0 Å². The first-order valence-corrected chi connectivity index (χ1v) is 10.3. The summed E-state index contributed by atoms with van der Waals surface area (Å²) in [6.45, 7) is 2.33. The number of imidazole rings is 1. The Morgan fingerprint density at radius 3 is 2.35 bits per heavy atom. The number of aryl methyl sites for hydroxylation is 1. The first-order chi connectivity index (χ1) is 14.9. The maximum Gasteiger partial charge on any atom is 0.335 e. The van der Waals surface area contributed by atoms with Crippen LogP contribution in [0.25, 0.3) is 0 Å². The monoisotopic (exact) mass is 442 g/mol. The number of aromatic amines is 1. The third-order valence-corrected chi connectivity index (χ3v) is 5.15. The number of rotatable bonds is 10. The predicted molar refractivity (Wildman–Crippen MR) is 116 cm³/mol. The second-order valence-corrected chi connectivity index (χ2v) is 7.48. The van der Waals surface area contributed by atoms with Gasteiger partial charge in [-0.1, -0.05) is 49.2 Å². The molecule has 0 spiro atoms. The first-order valence-electron chi connectivity index (χ1n) is 9.91. The van der Waals surface area contributed by atoms with Crippen LogP contribution in [0, 0.1) is 0 Å². The number of nitrogens with one attached hydrogen (secondary N) is 1. The van der Waals surface area contributed by atoms with E-state index in [2.05, 4.69) is 16.9 Å². The van der Waals surface area contributed by atoms with E-state index in [1.807, 2.05) is 0 Å². The van der Waals surface area contributed by atoms with Crippen molar-refractivity contribution < 1.29 is 24.5 Å². The minimum atomic E-state index is -1.03. The van der Waals surface area contributed by atoms with E-state index in [-0.39, 0.29) is 17.3 Å². The van der Waals surface area contributed by atoms with E-state index in [0.29, 0.717) is 29.3 Å². The average Bonchev–Trinajstić information content (AvgIpc) is 3.11. The summed E-state index contributed by atoms with van der Waals surface area (Å²) in [5.74, 6) is -1.73. The van der Waals surface area contributed by atoms with Gasteiger partial charge in [-0.05, 0) is 41.8 Å². The van der Waals surface area contributed by atoms with E-state index in [1.165, 1.54) is 12.1 Å². The van der Waals surface area contributed by atoms with Crippen LogP contribution in [0.15, 0.2) is 48.5 Å². The van der Waals surface area contributed by atoms with E-state index in [0.717, 1.165) is 18.4 Å². The number of unbranched alkanes of at least 4 members (excludes halogenated alkanes) is 1. The molecule has 7 nitrogen and oxygen atoms in total. The van der Waals surface area contributed by atoms with E-state index in [9.17, 15) is 14.7 Å². The van der Waals surface area contributed by atoms with Crippen molar-refractivity contribution in [1.82, 2.24) is 9.97 Å². The minimum Gasteiger partial charge on any atom is -0.489 e. The van der Waals surface area contributed by atoms with Crippen molar-refractivity contribution in [3.05, 3.63) is 81.9 Å². The quantitative estimate of drug-likeness (QED) is 0.411. The molecular formula is C23H23ClN2O5. The molecule has 8 heteroatoms. The van der Waals surface area contributed by atoms with E-state index >= 15 is 0 Å². The summed E-state index contributed by atoms with van der Waals surface area (Å²) in [5, 5.41) is 18.9. The summed E-state index contributed by atoms with van der Waals surface area (Å²) in [4.78, 5) is 30.2. The van der Waals surface area contributed by atoms with E-state index in [4.69, 9.17) is 21.4 Å². The SMILES string of the molecule is CCCCc1nc(Cl)c(C(C(=O)O)c2ccc(OCc3ccc(C(=O)O)cc3)cc2)[nH]1. The fourth-order valence-electron chi connectivity index (χ4n) is 3.17. The van der Waals surface area contributed by atoms with Crippen molar-refractivity contribution in [2.24, 2.45) is 0 Å². The topological polar surface area (TPSA) is 113 Å². The van der Waals surface area contributed by atoms with Crippen LogP contribution in [-0.2, 0) is 17.8 Å². The molecule has 162 valence electrons. The number of carboxylic acids is 2. The molecule has 0 saturated carbocycles. The molecule has 2 aromatic carbocycles. The van der Waals surface area contributed by atoms with Gasteiger partial charge in [-0.25, -0.2) is 9.78 Å². The summed E-state index contributed by atoms with van der Waals surface area (Å²) in [7, 11) is 0. The molecule has 3 rings (SSSR count). The Balaban J connectivity index is 1.71. The summed E-state index contributed by atoms with van der Waals surface area (Å²) >= 11 is 6.22. The molecule has 0 aliphatic carbocycles. The van der Waals surface area contributed by atoms with Crippen LogP contribution in [0.1, 0.15) is 58.7 Å². The number of H-pyrrole nitrogens is 1. The van der Waals surface area contributed by atoms with Gasteiger partial charge in [0.05, 0.1) is 11.3 Å². The lowest BCUT2D eigenvalue weighted by molar-refractivity contribution is -0.137. The van der Waals surface area contributed by atoms with Crippen molar-refractivity contribution in [2.45, 2.75) is 38.7 Å². The van der Waals surface area contributed by atoms with Gasteiger partial charge < -0.3 is 19.9 Å². The second-order valence-electron chi connectivity index (χ2n) is 7.12. The molecule has 3 aromatic rings. The number of aromatic carboxylic acids is 1. The summed E-state index contributed by atoms with van der Waals surface area (Å²) in [6, 6.07) is 13.2. The number of carboxylic acid groups (broad SMARTS) is 2. The van der Waals surface area contributed by atoms with Crippen molar-refractivity contribution in [2.75, 3.05) is 0 Å². The number of halogens is 1. The van der Waals surface area contributed by atoms with Crippen LogP contribution in [0.4, 0.5) is 0 Å². The summed E-state index contributed by atoms with van der Waals surface area (Å²) in [6.07, 6.45) is 2.65. The number of hydrogen-bond acceptors (Lipinski definition) is 4. The Bertz CT molecular complexity index is 1040. The predicted octanol–water partition coefficient (Wildman–Crippen LogP) is 4.90. The van der Waals surface area contributed by atoms with Gasteiger partial charge in [0.25, 0.3) is 0 Å². The minimum absolute atomic E-state index is 0.170. The van der Waals surface area contributed by atoms with Gasteiger partial charge >= 0.3 is 11.9 Å². The highest BCUT2D eigenvalue weighted by Crippen LogP contribution is 2.30. The molecule has 1 aromatic heterocycles. The van der Waals surface area contributed by atoms with Crippen molar-refractivity contribution in [3.63, 3.8) is 0 Å². The van der Waals surface area contributed by atoms with Crippen molar-refractivity contribution >= 4 is 23.5 Å². The van der Waals surface area contributed by atoms with E-state index < -0.39 is 17.9 Å². The average molecular weight is 443 g/mol. The molecule has 1 heterocycles. The molecule has 0 radical (unpaired) electrons. The zero-order chi connectivity index (χ0) is 22.4. The highest BCUT2D eigenvalue weighted by molar-refractivity contribution is 6.30. The first kappa shape index (κ1) is 22.4. The standard InChI is InChI=1S/C23H23ClN2O5/c1-2-3-4-18-25-20(21(24)26-18)19(23(29)30)15-9-11-17(12-10-15)31-13-14-5-7-16(8-6-14)22(27)28/h5-12,19H,2-4,13H2,1H3,(H,25,26)(H,27,28)(H,29,30). The van der Waals surface area contributed by atoms with Crippen LogP contribution < -0.4 is 4.74 Å².